The summed E-state index contributed by atoms with van der Waals surface area (Å²) in [5, 5.41) is 16.7. The highest BCUT2D eigenvalue weighted by atomic mass is 35.5. The molecule has 0 radical (unpaired) electrons. The summed E-state index contributed by atoms with van der Waals surface area (Å²) in [7, 11) is 1.76. The Kier molecular flexibility index (Phi) is 4.51. The molecule has 0 fully saturated rings. The van der Waals surface area contributed by atoms with Gasteiger partial charge in [-0.25, -0.2) is 9.67 Å². The summed E-state index contributed by atoms with van der Waals surface area (Å²) < 4.78 is 8.86. The zero-order chi connectivity index (χ0) is 18.8. The molecule has 0 atom stereocenters. The van der Waals surface area contributed by atoms with Gasteiger partial charge < -0.3 is 4.74 Å². The minimum absolute atomic E-state index is 0.120. The molecule has 4 rings (SSSR count). The molecule has 1 aromatic carbocycles. The van der Waals surface area contributed by atoms with Crippen molar-refractivity contribution in [2.24, 2.45) is 7.05 Å². The molecule has 0 amide bonds. The summed E-state index contributed by atoms with van der Waals surface area (Å²) in [4.78, 5) is 8.84. The third-order valence-corrected chi connectivity index (χ3v) is 4.03. The van der Waals surface area contributed by atoms with Crippen molar-refractivity contribution in [3.8, 4) is 23.2 Å². The summed E-state index contributed by atoms with van der Waals surface area (Å²) in [6, 6.07) is 13.3. The van der Waals surface area contributed by atoms with E-state index in [1.54, 1.807) is 23.9 Å². The Bertz CT molecular complexity index is 1070. The number of hydrogen-bond acceptors (Lipinski definition) is 7. The van der Waals surface area contributed by atoms with Crippen LogP contribution in [0.25, 0.3) is 17.2 Å². The van der Waals surface area contributed by atoms with E-state index in [2.05, 4.69) is 30.6 Å². The molecular weight excluding hydrogens is 368 g/mol. The lowest BCUT2D eigenvalue weighted by Gasteiger charge is -2.05. The van der Waals surface area contributed by atoms with Crippen LogP contribution in [0.2, 0.25) is 5.02 Å². The van der Waals surface area contributed by atoms with Gasteiger partial charge in [0.05, 0.1) is 0 Å². The van der Waals surface area contributed by atoms with Gasteiger partial charge in [0.2, 0.25) is 0 Å². The highest BCUT2D eigenvalue weighted by molar-refractivity contribution is 6.30. The van der Waals surface area contributed by atoms with E-state index in [9.17, 15) is 0 Å². The Morgan fingerprint density at radius 3 is 2.67 bits per heavy atom. The maximum atomic E-state index is 5.92. The number of halogens is 1. The molecule has 0 bridgehead atoms. The van der Waals surface area contributed by atoms with Crippen LogP contribution >= 0.6 is 11.6 Å². The molecular formula is C17H15ClN8O. The van der Waals surface area contributed by atoms with Crippen molar-refractivity contribution < 1.29 is 4.74 Å². The lowest BCUT2D eigenvalue weighted by Crippen LogP contribution is -2.10. The van der Waals surface area contributed by atoms with Crippen LogP contribution in [-0.4, -0.2) is 40.0 Å². The summed E-state index contributed by atoms with van der Waals surface area (Å²) in [5.41, 5.74) is 1.72. The van der Waals surface area contributed by atoms with Crippen LogP contribution in [0, 0.1) is 6.92 Å². The fourth-order valence-corrected chi connectivity index (χ4v) is 2.59. The first-order valence-corrected chi connectivity index (χ1v) is 8.49. The SMILES string of the molecule is Cc1cccc(-n2nnnc2COc2nc(-c3ccc(Cl)cc3)nn2C)n1. The van der Waals surface area contributed by atoms with E-state index in [0.29, 0.717) is 28.5 Å². The quantitative estimate of drug-likeness (QED) is 0.522. The molecule has 4 aromatic rings. The van der Waals surface area contributed by atoms with E-state index < -0.39 is 0 Å². The van der Waals surface area contributed by atoms with Gasteiger partial charge in [0.25, 0.3) is 0 Å². The maximum Gasteiger partial charge on any atom is 0.315 e. The van der Waals surface area contributed by atoms with E-state index >= 15 is 0 Å². The molecule has 10 heteroatoms. The van der Waals surface area contributed by atoms with Crippen molar-refractivity contribution >= 4 is 11.6 Å². The second-order valence-corrected chi connectivity index (χ2v) is 6.22. The van der Waals surface area contributed by atoms with Crippen LogP contribution in [0.15, 0.2) is 42.5 Å². The first kappa shape index (κ1) is 17.1. The fraction of sp³-hybridized carbons (Fsp3) is 0.176. The minimum Gasteiger partial charge on any atom is -0.455 e. The number of benzene rings is 1. The molecule has 3 aromatic heterocycles. The van der Waals surface area contributed by atoms with Crippen LogP contribution in [0.5, 0.6) is 6.01 Å². The van der Waals surface area contributed by atoms with Crippen LogP contribution < -0.4 is 4.74 Å². The molecule has 0 N–H and O–H groups in total. The fourth-order valence-electron chi connectivity index (χ4n) is 2.47. The highest BCUT2D eigenvalue weighted by Gasteiger charge is 2.14. The van der Waals surface area contributed by atoms with Crippen LogP contribution in [0.1, 0.15) is 11.5 Å². The second kappa shape index (κ2) is 7.12. The summed E-state index contributed by atoms with van der Waals surface area (Å²) >= 11 is 5.92. The molecule has 0 saturated carbocycles. The monoisotopic (exact) mass is 382 g/mol. The van der Waals surface area contributed by atoms with Crippen molar-refractivity contribution in [3.05, 3.63) is 59.0 Å². The molecule has 136 valence electrons. The molecule has 0 spiro atoms. The molecule has 9 nitrogen and oxygen atoms in total. The Labute approximate surface area is 159 Å². The smallest absolute Gasteiger partial charge is 0.315 e. The standard InChI is InChI=1S/C17H15ClN8O/c1-11-4-3-5-14(19-11)26-15(21-23-24-26)10-27-17-20-16(22-25(17)2)12-6-8-13(18)9-7-12/h3-9H,10H2,1-2H3. The number of aryl methyl sites for hydroxylation is 2. The summed E-state index contributed by atoms with van der Waals surface area (Å²) in [6.45, 7) is 2.02. The number of ether oxygens (including phenoxy) is 1. The second-order valence-electron chi connectivity index (χ2n) is 5.78. The van der Waals surface area contributed by atoms with E-state index in [-0.39, 0.29) is 6.61 Å². The number of aromatic nitrogens is 8. The van der Waals surface area contributed by atoms with Crippen molar-refractivity contribution in [2.45, 2.75) is 13.5 Å². The largest absolute Gasteiger partial charge is 0.455 e. The predicted molar refractivity (Wildman–Crippen MR) is 97.5 cm³/mol. The molecule has 0 aliphatic rings. The lowest BCUT2D eigenvalue weighted by atomic mass is 10.2. The van der Waals surface area contributed by atoms with Crippen molar-refractivity contribution in [1.29, 1.82) is 0 Å². The van der Waals surface area contributed by atoms with Gasteiger partial charge in [0.1, 0.15) is 0 Å². The number of rotatable bonds is 5. The normalized spacial score (nSPS) is 10.9. The first-order chi connectivity index (χ1) is 13.1. The number of pyridine rings is 1. The average Bonchev–Trinajstić information content (AvgIpc) is 3.27. The van der Waals surface area contributed by atoms with Gasteiger partial charge in [-0.3, -0.25) is 0 Å². The highest BCUT2D eigenvalue weighted by Crippen LogP contribution is 2.21. The Balaban J connectivity index is 1.53. The van der Waals surface area contributed by atoms with Crippen molar-refractivity contribution in [1.82, 2.24) is 40.0 Å². The molecule has 0 unspecified atom stereocenters. The van der Waals surface area contributed by atoms with Gasteiger partial charge in [-0.05, 0) is 53.7 Å². The third-order valence-electron chi connectivity index (χ3n) is 3.78. The van der Waals surface area contributed by atoms with Crippen molar-refractivity contribution in [3.63, 3.8) is 0 Å². The molecule has 27 heavy (non-hydrogen) atoms. The zero-order valence-corrected chi connectivity index (χ0v) is 15.4. The number of nitrogens with zero attached hydrogens (tertiary/aromatic N) is 8. The lowest BCUT2D eigenvalue weighted by molar-refractivity contribution is 0.256. The van der Waals surface area contributed by atoms with Crippen molar-refractivity contribution in [2.75, 3.05) is 0 Å². The average molecular weight is 383 g/mol. The van der Waals surface area contributed by atoms with Gasteiger partial charge in [-0.15, -0.1) is 10.2 Å². The molecule has 0 saturated heterocycles. The van der Waals surface area contributed by atoms with Gasteiger partial charge in [0, 0.05) is 23.3 Å². The van der Waals surface area contributed by atoms with E-state index in [4.69, 9.17) is 16.3 Å². The first-order valence-electron chi connectivity index (χ1n) is 8.11. The molecule has 0 aliphatic heterocycles. The Hall–Kier alpha value is -3.33. The van der Waals surface area contributed by atoms with Crippen LogP contribution in [0.4, 0.5) is 0 Å². The zero-order valence-electron chi connectivity index (χ0n) is 14.6. The summed E-state index contributed by atoms with van der Waals surface area (Å²) in [5.74, 6) is 1.67. The number of tetrazole rings is 1. The Morgan fingerprint density at radius 1 is 1.07 bits per heavy atom. The Morgan fingerprint density at radius 2 is 1.89 bits per heavy atom. The van der Waals surface area contributed by atoms with Gasteiger partial charge in [-0.2, -0.15) is 9.67 Å². The molecule has 0 aliphatic carbocycles. The number of hydrogen-bond donors (Lipinski definition) is 0. The topological polar surface area (TPSA) is 96.4 Å². The summed E-state index contributed by atoms with van der Waals surface area (Å²) in [6.07, 6.45) is 0. The van der Waals surface area contributed by atoms with Gasteiger partial charge >= 0.3 is 6.01 Å². The van der Waals surface area contributed by atoms with Crippen LogP contribution in [0.3, 0.4) is 0 Å². The van der Waals surface area contributed by atoms with E-state index in [1.165, 1.54) is 4.68 Å². The maximum absolute atomic E-state index is 5.92. The van der Waals surface area contributed by atoms with Crippen LogP contribution in [-0.2, 0) is 13.7 Å². The van der Waals surface area contributed by atoms with E-state index in [0.717, 1.165) is 11.3 Å². The predicted octanol–water partition coefficient (Wildman–Crippen LogP) is 2.39. The van der Waals surface area contributed by atoms with E-state index in [1.807, 2.05) is 37.3 Å². The molecule has 3 heterocycles. The third kappa shape index (κ3) is 3.63. The minimum atomic E-state index is 0.120. The van der Waals surface area contributed by atoms with Gasteiger partial charge in [0.15, 0.2) is 24.1 Å². The van der Waals surface area contributed by atoms with Gasteiger partial charge in [-0.1, -0.05) is 17.7 Å².